The van der Waals surface area contributed by atoms with Crippen LogP contribution in [0.4, 0.5) is 0 Å². The van der Waals surface area contributed by atoms with Gasteiger partial charge in [-0.05, 0) is 13.1 Å². The van der Waals surface area contributed by atoms with Crippen LogP contribution < -0.4 is 10.1 Å². The van der Waals surface area contributed by atoms with Crippen LogP contribution in [0.2, 0.25) is 0 Å². The minimum atomic E-state index is 0.643. The highest BCUT2D eigenvalue weighted by Gasteiger charge is 2.14. The van der Waals surface area contributed by atoms with Crippen molar-refractivity contribution >= 4 is 21.4 Å². The van der Waals surface area contributed by atoms with Gasteiger partial charge in [0.2, 0.25) is 0 Å². The third-order valence-corrected chi connectivity index (χ3v) is 3.97. The molecular formula is C13H17NO2S. The lowest BCUT2D eigenvalue weighted by Gasteiger charge is -2.03. The molecule has 92 valence electrons. The largest absolute Gasteiger partial charge is 0.495 e. The summed E-state index contributed by atoms with van der Waals surface area (Å²) in [6, 6.07) is 6.15. The molecule has 0 unspecified atom stereocenters. The van der Waals surface area contributed by atoms with E-state index in [9.17, 15) is 0 Å². The Morgan fingerprint density at radius 1 is 1.29 bits per heavy atom. The van der Waals surface area contributed by atoms with Gasteiger partial charge in [-0.1, -0.05) is 12.1 Å². The molecule has 0 saturated carbocycles. The van der Waals surface area contributed by atoms with Crippen LogP contribution in [0.5, 0.6) is 5.75 Å². The van der Waals surface area contributed by atoms with E-state index in [1.54, 1.807) is 25.6 Å². The first-order chi connectivity index (χ1) is 8.31. The lowest BCUT2D eigenvalue weighted by atomic mass is 10.1. The minimum Gasteiger partial charge on any atom is -0.495 e. The van der Waals surface area contributed by atoms with E-state index in [4.69, 9.17) is 9.47 Å². The molecule has 1 heterocycles. The summed E-state index contributed by atoms with van der Waals surface area (Å²) in [6.07, 6.45) is 0. The lowest BCUT2D eigenvalue weighted by Crippen LogP contribution is -2.05. The van der Waals surface area contributed by atoms with Crippen LogP contribution in [0.25, 0.3) is 10.1 Å². The lowest BCUT2D eigenvalue weighted by molar-refractivity contribution is 0.185. The number of thiophene rings is 1. The Bertz CT molecular complexity index is 507. The van der Waals surface area contributed by atoms with Gasteiger partial charge in [-0.15, -0.1) is 11.3 Å². The van der Waals surface area contributed by atoms with Gasteiger partial charge in [-0.2, -0.15) is 0 Å². The van der Waals surface area contributed by atoms with E-state index < -0.39 is 0 Å². The highest BCUT2D eigenvalue weighted by Crippen LogP contribution is 2.37. The molecule has 2 rings (SSSR count). The Balaban J connectivity index is 2.60. The second-order valence-electron chi connectivity index (χ2n) is 3.80. The van der Waals surface area contributed by atoms with Gasteiger partial charge in [0, 0.05) is 29.5 Å². The van der Waals surface area contributed by atoms with Gasteiger partial charge in [-0.25, -0.2) is 0 Å². The van der Waals surface area contributed by atoms with E-state index in [0.29, 0.717) is 6.61 Å². The summed E-state index contributed by atoms with van der Waals surface area (Å²) in [5, 5.41) is 4.43. The molecule has 0 saturated heterocycles. The van der Waals surface area contributed by atoms with Crippen molar-refractivity contribution in [2.45, 2.75) is 13.2 Å². The van der Waals surface area contributed by atoms with E-state index in [2.05, 4.69) is 11.4 Å². The van der Waals surface area contributed by atoms with E-state index >= 15 is 0 Å². The first-order valence-electron chi connectivity index (χ1n) is 5.52. The van der Waals surface area contributed by atoms with Crippen LogP contribution in [0.1, 0.15) is 10.4 Å². The fourth-order valence-corrected chi connectivity index (χ4v) is 3.27. The number of fused-ring (bicyclic) bond motifs is 1. The molecule has 17 heavy (non-hydrogen) atoms. The molecule has 1 aromatic heterocycles. The quantitative estimate of drug-likeness (QED) is 0.886. The van der Waals surface area contributed by atoms with E-state index in [-0.39, 0.29) is 0 Å². The molecule has 0 aliphatic heterocycles. The molecule has 0 atom stereocenters. The third-order valence-electron chi connectivity index (χ3n) is 2.71. The number of benzene rings is 1. The molecule has 1 aromatic carbocycles. The second kappa shape index (κ2) is 5.49. The number of rotatable bonds is 5. The summed E-state index contributed by atoms with van der Waals surface area (Å²) in [5.41, 5.74) is 1.26. The smallest absolute Gasteiger partial charge is 0.136 e. The fraction of sp³-hybridized carbons (Fsp3) is 0.385. The van der Waals surface area contributed by atoms with Crippen molar-refractivity contribution in [3.8, 4) is 5.75 Å². The molecule has 0 amide bonds. The van der Waals surface area contributed by atoms with Gasteiger partial charge in [0.25, 0.3) is 0 Å². The number of nitrogens with one attached hydrogen (secondary N) is 1. The van der Waals surface area contributed by atoms with E-state index in [1.165, 1.54) is 20.5 Å². The number of ether oxygens (including phenoxy) is 2. The molecule has 0 aliphatic rings. The summed E-state index contributed by atoms with van der Waals surface area (Å²) >= 11 is 1.77. The van der Waals surface area contributed by atoms with Gasteiger partial charge >= 0.3 is 0 Å². The van der Waals surface area contributed by atoms with Crippen molar-refractivity contribution < 1.29 is 9.47 Å². The Morgan fingerprint density at radius 2 is 2.12 bits per heavy atom. The van der Waals surface area contributed by atoms with Crippen molar-refractivity contribution in [2.24, 2.45) is 0 Å². The van der Waals surface area contributed by atoms with Crippen molar-refractivity contribution in [3.63, 3.8) is 0 Å². The number of hydrogen-bond acceptors (Lipinski definition) is 4. The van der Waals surface area contributed by atoms with Gasteiger partial charge in [0.1, 0.15) is 5.75 Å². The zero-order valence-corrected chi connectivity index (χ0v) is 11.2. The SMILES string of the molecule is CNCc1sc2c(OC)cccc2c1COC. The molecule has 0 spiro atoms. The zero-order valence-electron chi connectivity index (χ0n) is 10.4. The van der Waals surface area contributed by atoms with Crippen molar-refractivity contribution in [3.05, 3.63) is 28.6 Å². The molecule has 3 nitrogen and oxygen atoms in total. The first-order valence-corrected chi connectivity index (χ1v) is 6.34. The summed E-state index contributed by atoms with van der Waals surface area (Å²) in [4.78, 5) is 1.31. The molecule has 0 bridgehead atoms. The highest BCUT2D eigenvalue weighted by atomic mass is 32.1. The van der Waals surface area contributed by atoms with E-state index in [1.807, 2.05) is 19.2 Å². The second-order valence-corrected chi connectivity index (χ2v) is 4.91. The molecule has 4 heteroatoms. The molecule has 0 fully saturated rings. The third kappa shape index (κ3) is 2.29. The first kappa shape index (κ1) is 12.4. The van der Waals surface area contributed by atoms with E-state index in [0.717, 1.165) is 12.3 Å². The number of methoxy groups -OCH3 is 2. The van der Waals surface area contributed by atoms with Crippen molar-refractivity contribution in [2.75, 3.05) is 21.3 Å². The Morgan fingerprint density at radius 3 is 2.76 bits per heavy atom. The van der Waals surface area contributed by atoms with Crippen LogP contribution in [-0.2, 0) is 17.9 Å². The van der Waals surface area contributed by atoms with Gasteiger partial charge in [-0.3, -0.25) is 0 Å². The van der Waals surface area contributed by atoms with Crippen LogP contribution >= 0.6 is 11.3 Å². The van der Waals surface area contributed by atoms with Gasteiger partial charge in [0.05, 0.1) is 18.4 Å². The molecular weight excluding hydrogens is 234 g/mol. The van der Waals surface area contributed by atoms with Crippen LogP contribution in [0, 0.1) is 0 Å². The minimum absolute atomic E-state index is 0.643. The van der Waals surface area contributed by atoms with Crippen LogP contribution in [-0.4, -0.2) is 21.3 Å². The average Bonchev–Trinajstić information content (AvgIpc) is 2.69. The maximum atomic E-state index is 5.40. The standard InChI is InChI=1S/C13H17NO2S/c1-14-7-12-10(8-15-2)9-5-4-6-11(16-3)13(9)17-12/h4-6,14H,7-8H2,1-3H3. The Labute approximate surface area is 105 Å². The van der Waals surface area contributed by atoms with Crippen molar-refractivity contribution in [1.29, 1.82) is 0 Å². The summed E-state index contributed by atoms with van der Waals surface area (Å²) in [7, 11) is 5.40. The summed E-state index contributed by atoms with van der Waals surface area (Å²) in [5.74, 6) is 0.937. The molecule has 1 N–H and O–H groups in total. The van der Waals surface area contributed by atoms with Gasteiger partial charge in [0.15, 0.2) is 0 Å². The van der Waals surface area contributed by atoms with Crippen LogP contribution in [0.3, 0.4) is 0 Å². The predicted molar refractivity (Wildman–Crippen MR) is 71.9 cm³/mol. The topological polar surface area (TPSA) is 30.5 Å². The number of hydrogen-bond donors (Lipinski definition) is 1. The molecule has 0 radical (unpaired) electrons. The fourth-order valence-electron chi connectivity index (χ4n) is 1.96. The Hall–Kier alpha value is -1.10. The monoisotopic (exact) mass is 251 g/mol. The van der Waals surface area contributed by atoms with Crippen LogP contribution in [0.15, 0.2) is 18.2 Å². The average molecular weight is 251 g/mol. The maximum absolute atomic E-state index is 5.40. The van der Waals surface area contributed by atoms with Gasteiger partial charge < -0.3 is 14.8 Å². The maximum Gasteiger partial charge on any atom is 0.136 e. The normalized spacial score (nSPS) is 11.0. The molecule has 0 aliphatic carbocycles. The highest BCUT2D eigenvalue weighted by molar-refractivity contribution is 7.19. The summed E-state index contributed by atoms with van der Waals surface area (Å²) < 4.78 is 11.9. The predicted octanol–water partition coefficient (Wildman–Crippen LogP) is 2.78. The Kier molecular flexibility index (Phi) is 3.99. The van der Waals surface area contributed by atoms with Crippen molar-refractivity contribution in [1.82, 2.24) is 5.32 Å². The summed E-state index contributed by atoms with van der Waals surface area (Å²) in [6.45, 7) is 1.51. The molecule has 2 aromatic rings. The zero-order chi connectivity index (χ0) is 12.3.